The number of methoxy groups -OCH3 is 1. The lowest BCUT2D eigenvalue weighted by Crippen LogP contribution is -2.65. The molecule has 3 aliphatic heterocycles. The lowest BCUT2D eigenvalue weighted by atomic mass is 9.97. The van der Waals surface area contributed by atoms with Crippen LogP contribution in [0.1, 0.15) is 6.92 Å². The summed E-state index contributed by atoms with van der Waals surface area (Å²) in [7, 11) is 1.26. The Labute approximate surface area is 298 Å². The zero-order valence-electron chi connectivity index (χ0n) is 28.0. The van der Waals surface area contributed by atoms with E-state index >= 15 is 0 Å². The number of hydrogen-bond donors (Lipinski definition) is 11. The van der Waals surface area contributed by atoms with Crippen LogP contribution in [0, 0.1) is 0 Å². The minimum absolute atomic E-state index is 0.0476. The van der Waals surface area contributed by atoms with Gasteiger partial charge in [-0.3, -0.25) is 4.79 Å². The molecule has 0 aliphatic carbocycles. The third kappa shape index (κ3) is 7.47. The van der Waals surface area contributed by atoms with Crippen LogP contribution in [0.25, 0.3) is 22.3 Å². The van der Waals surface area contributed by atoms with Crippen LogP contribution in [0.4, 0.5) is 0 Å². The predicted molar refractivity (Wildman–Crippen MR) is 172 cm³/mol. The van der Waals surface area contributed by atoms with Gasteiger partial charge in [-0.05, 0) is 25.1 Å². The summed E-state index contributed by atoms with van der Waals surface area (Å²) >= 11 is 0. The predicted octanol–water partition coefficient (Wildman–Crippen LogP) is -2.92. The number of aromatic hydroxyl groups is 3. The molecule has 0 bridgehead atoms. The van der Waals surface area contributed by atoms with E-state index in [2.05, 4.69) is 0 Å². The van der Waals surface area contributed by atoms with Gasteiger partial charge in [0.25, 0.3) is 0 Å². The van der Waals surface area contributed by atoms with E-state index in [1.807, 2.05) is 0 Å². The summed E-state index contributed by atoms with van der Waals surface area (Å²) in [6, 6.07) is 5.69. The highest BCUT2D eigenvalue weighted by molar-refractivity contribution is 5.88. The molecule has 3 aromatic rings. The van der Waals surface area contributed by atoms with E-state index in [1.165, 1.54) is 32.2 Å². The van der Waals surface area contributed by atoms with Crippen LogP contribution >= 0.6 is 0 Å². The molecule has 292 valence electrons. The van der Waals surface area contributed by atoms with Gasteiger partial charge in [0.15, 0.2) is 35.9 Å². The first kappa shape index (κ1) is 38.8. The van der Waals surface area contributed by atoms with Gasteiger partial charge in [-0.15, -0.1) is 0 Å². The fourth-order valence-electron chi connectivity index (χ4n) is 6.18. The standard InChI is InChI=1S/C33H40O20/c1-10-20(38)24(42)27(45)32(49-10)53-30-25(43)22(40)18(9-48-31-26(44)21(39)15(37)8-47-31)51-33(30)52-29-23(41)19-14(36)6-12(34)7-17(19)50-28(29)11-3-4-13(35)16(5-11)46-2/h3-7,10,15,18,20-22,24-27,30-40,42-45H,8-9H2,1-2H3. The molecular weight excluding hydrogens is 716 g/mol. The summed E-state index contributed by atoms with van der Waals surface area (Å²) in [4.78, 5) is 14.1. The van der Waals surface area contributed by atoms with E-state index in [4.69, 9.17) is 37.6 Å². The van der Waals surface area contributed by atoms with Gasteiger partial charge in [0.2, 0.25) is 17.5 Å². The van der Waals surface area contributed by atoms with Crippen LogP contribution in [0.3, 0.4) is 0 Å². The van der Waals surface area contributed by atoms with Gasteiger partial charge >= 0.3 is 0 Å². The number of aliphatic hydroxyl groups excluding tert-OH is 8. The Hall–Kier alpha value is -3.87. The molecule has 3 fully saturated rings. The lowest BCUT2D eigenvalue weighted by molar-refractivity contribution is -0.358. The quantitative estimate of drug-likeness (QED) is 0.104. The SMILES string of the molecule is COc1cc(-c2oc3cc(O)cc(O)c3c(=O)c2OC2OC(COC3OCC(O)C(O)C3O)C(O)C(O)C2OC2OC(C)C(O)C(O)C2O)ccc1O. The number of hydrogen-bond acceptors (Lipinski definition) is 20. The smallest absolute Gasteiger partial charge is 0.239 e. The second-order valence-corrected chi connectivity index (χ2v) is 12.8. The van der Waals surface area contributed by atoms with E-state index in [9.17, 15) is 61.0 Å². The molecule has 4 heterocycles. The van der Waals surface area contributed by atoms with Crippen LogP contribution in [-0.4, -0.2) is 163 Å². The molecule has 53 heavy (non-hydrogen) atoms. The molecule has 3 aliphatic rings. The average Bonchev–Trinajstić information content (AvgIpc) is 3.12. The maximum Gasteiger partial charge on any atom is 0.239 e. The van der Waals surface area contributed by atoms with Crippen molar-refractivity contribution in [1.29, 1.82) is 0 Å². The molecule has 6 rings (SSSR count). The van der Waals surface area contributed by atoms with Crippen LogP contribution in [0.15, 0.2) is 39.5 Å². The largest absolute Gasteiger partial charge is 0.508 e. The van der Waals surface area contributed by atoms with E-state index in [0.29, 0.717) is 0 Å². The zero-order valence-corrected chi connectivity index (χ0v) is 28.0. The van der Waals surface area contributed by atoms with Gasteiger partial charge in [0.1, 0.15) is 77.4 Å². The highest BCUT2D eigenvalue weighted by atomic mass is 16.8. The van der Waals surface area contributed by atoms with E-state index in [-0.39, 0.29) is 28.4 Å². The van der Waals surface area contributed by atoms with Crippen LogP contribution in [0.5, 0.6) is 28.7 Å². The van der Waals surface area contributed by atoms with Gasteiger partial charge in [-0.2, -0.15) is 0 Å². The first-order valence-corrected chi connectivity index (χ1v) is 16.3. The summed E-state index contributed by atoms with van der Waals surface area (Å²) in [5.41, 5.74) is -1.31. The first-order chi connectivity index (χ1) is 25.1. The van der Waals surface area contributed by atoms with Crippen LogP contribution < -0.4 is 14.9 Å². The molecule has 1 aromatic heterocycles. The van der Waals surface area contributed by atoms with Crippen molar-refractivity contribution < 1.29 is 93.7 Å². The third-order valence-electron chi connectivity index (χ3n) is 9.22. The summed E-state index contributed by atoms with van der Waals surface area (Å²) in [6.07, 6.45) is -23.8. The number of benzene rings is 2. The molecule has 3 saturated heterocycles. The lowest BCUT2D eigenvalue weighted by Gasteiger charge is -2.46. The minimum Gasteiger partial charge on any atom is -0.508 e. The maximum absolute atomic E-state index is 14.1. The minimum atomic E-state index is -2.02. The second-order valence-electron chi connectivity index (χ2n) is 12.8. The Balaban J connectivity index is 1.41. The van der Waals surface area contributed by atoms with E-state index < -0.39 is 127 Å². The highest BCUT2D eigenvalue weighted by Crippen LogP contribution is 2.40. The van der Waals surface area contributed by atoms with Crippen molar-refractivity contribution in [2.75, 3.05) is 20.3 Å². The first-order valence-electron chi connectivity index (χ1n) is 16.3. The van der Waals surface area contributed by atoms with Gasteiger partial charge in [0.05, 0.1) is 26.4 Å². The Morgan fingerprint density at radius 3 is 2.21 bits per heavy atom. The van der Waals surface area contributed by atoms with Gasteiger partial charge in [0, 0.05) is 17.7 Å². The Kier molecular flexibility index (Phi) is 11.3. The monoisotopic (exact) mass is 756 g/mol. The summed E-state index contributed by atoms with van der Waals surface area (Å²) < 4.78 is 45.2. The van der Waals surface area contributed by atoms with Crippen molar-refractivity contribution in [3.05, 3.63) is 40.6 Å². The van der Waals surface area contributed by atoms with Gasteiger partial charge in [-0.25, -0.2) is 0 Å². The third-order valence-corrected chi connectivity index (χ3v) is 9.22. The molecule has 14 unspecified atom stereocenters. The Morgan fingerprint density at radius 2 is 1.49 bits per heavy atom. The Bertz CT molecular complexity index is 1820. The molecule has 0 radical (unpaired) electrons. The molecule has 0 saturated carbocycles. The van der Waals surface area contributed by atoms with Crippen molar-refractivity contribution in [3.63, 3.8) is 0 Å². The van der Waals surface area contributed by atoms with Crippen molar-refractivity contribution >= 4 is 11.0 Å². The topological polar surface area (TPSA) is 317 Å². The summed E-state index contributed by atoms with van der Waals surface area (Å²) in [6.45, 7) is 0.270. The fourth-order valence-corrected chi connectivity index (χ4v) is 6.18. The van der Waals surface area contributed by atoms with Crippen LogP contribution in [-0.2, 0) is 23.7 Å². The second kappa shape index (κ2) is 15.5. The van der Waals surface area contributed by atoms with Crippen molar-refractivity contribution in [1.82, 2.24) is 0 Å². The normalized spacial score (nSPS) is 36.3. The fraction of sp³-hybridized carbons (Fsp3) is 0.545. The van der Waals surface area contributed by atoms with Crippen LogP contribution in [0.2, 0.25) is 0 Å². The molecule has 20 heteroatoms. The molecule has 11 N–H and O–H groups in total. The number of aliphatic hydroxyl groups is 8. The number of ether oxygens (including phenoxy) is 7. The highest BCUT2D eigenvalue weighted by Gasteiger charge is 2.52. The maximum atomic E-state index is 14.1. The number of fused-ring (bicyclic) bond motifs is 1. The number of phenols is 3. The van der Waals surface area contributed by atoms with Crippen molar-refractivity contribution in [3.8, 4) is 40.1 Å². The molecule has 20 nitrogen and oxygen atoms in total. The summed E-state index contributed by atoms with van der Waals surface area (Å²) in [5.74, 6) is -2.62. The van der Waals surface area contributed by atoms with E-state index in [1.54, 1.807) is 0 Å². The number of rotatable bonds is 9. The molecular formula is C33H40O20. The van der Waals surface area contributed by atoms with Crippen molar-refractivity contribution in [2.45, 2.75) is 92.9 Å². The molecule has 0 spiro atoms. The summed E-state index contributed by atoms with van der Waals surface area (Å²) in [5, 5.41) is 114. The Morgan fingerprint density at radius 1 is 0.774 bits per heavy atom. The van der Waals surface area contributed by atoms with Gasteiger partial charge < -0.3 is 93.7 Å². The number of phenolic OH excluding ortho intramolecular Hbond substituents is 3. The van der Waals surface area contributed by atoms with Gasteiger partial charge in [-0.1, -0.05) is 0 Å². The van der Waals surface area contributed by atoms with Crippen molar-refractivity contribution in [2.24, 2.45) is 0 Å². The average molecular weight is 757 g/mol. The molecule has 14 atom stereocenters. The zero-order chi connectivity index (χ0) is 38.5. The van der Waals surface area contributed by atoms with E-state index in [0.717, 1.165) is 12.1 Å². The molecule has 0 amide bonds. The molecule has 2 aromatic carbocycles.